The lowest BCUT2D eigenvalue weighted by molar-refractivity contribution is -0.715. The highest BCUT2D eigenvalue weighted by Gasteiger charge is 2.52. The fraction of sp³-hybridized carbons (Fsp3) is 0.360. The van der Waals surface area contributed by atoms with Gasteiger partial charge < -0.3 is 4.74 Å². The van der Waals surface area contributed by atoms with Gasteiger partial charge in [0.25, 0.3) is 5.82 Å². The molecule has 2 aliphatic heterocycles. The van der Waals surface area contributed by atoms with Crippen molar-refractivity contribution in [3.63, 3.8) is 0 Å². The van der Waals surface area contributed by atoms with Crippen LogP contribution < -0.4 is 4.57 Å². The maximum absolute atomic E-state index is 13.3. The molecule has 1 aromatic heterocycles. The van der Waals surface area contributed by atoms with Crippen LogP contribution in [-0.4, -0.2) is 16.6 Å². The minimum Gasteiger partial charge on any atom is -0.457 e. The molecule has 0 radical (unpaired) electrons. The Kier molecular flexibility index (Phi) is 4.50. The van der Waals surface area contributed by atoms with Crippen LogP contribution in [0.3, 0.4) is 0 Å². The molecule has 4 nitrogen and oxygen atoms in total. The van der Waals surface area contributed by atoms with E-state index in [1.165, 1.54) is 12.2 Å². The van der Waals surface area contributed by atoms with Gasteiger partial charge in [0.05, 0.1) is 6.54 Å². The molecule has 3 aromatic rings. The van der Waals surface area contributed by atoms with Gasteiger partial charge in [-0.15, -0.1) is 0 Å². The van der Waals surface area contributed by atoms with Crippen molar-refractivity contribution < 1.29 is 14.1 Å². The first-order chi connectivity index (χ1) is 14.2. The quantitative estimate of drug-likeness (QED) is 0.506. The van der Waals surface area contributed by atoms with Gasteiger partial charge in [0.1, 0.15) is 30.5 Å². The third-order valence-corrected chi connectivity index (χ3v) is 6.55. The second-order valence-electron chi connectivity index (χ2n) is 8.53. The molecule has 0 spiro atoms. The van der Waals surface area contributed by atoms with E-state index in [2.05, 4.69) is 28.5 Å². The number of hydrogen-bond acceptors (Lipinski definition) is 2. The van der Waals surface area contributed by atoms with Crippen molar-refractivity contribution in [2.75, 3.05) is 0 Å². The van der Waals surface area contributed by atoms with E-state index in [1.807, 2.05) is 60.7 Å². The minimum absolute atomic E-state index is 0.137. The number of imidazole rings is 1. The van der Waals surface area contributed by atoms with E-state index >= 15 is 0 Å². The second kappa shape index (κ2) is 7.18. The molecule has 4 heteroatoms. The lowest BCUT2D eigenvalue weighted by Gasteiger charge is -2.26. The van der Waals surface area contributed by atoms with Gasteiger partial charge in [-0.3, -0.25) is 4.79 Å². The predicted molar refractivity (Wildman–Crippen MR) is 110 cm³/mol. The van der Waals surface area contributed by atoms with Crippen molar-refractivity contribution in [3.05, 3.63) is 90.0 Å². The summed E-state index contributed by atoms with van der Waals surface area (Å²) in [4.78, 5) is 13.3. The maximum Gasteiger partial charge on any atom is 0.321 e. The summed E-state index contributed by atoms with van der Waals surface area (Å²) in [5.41, 5.74) is 1.29. The zero-order valence-corrected chi connectivity index (χ0v) is 16.8. The van der Waals surface area contributed by atoms with E-state index in [0.717, 1.165) is 30.0 Å². The maximum atomic E-state index is 13.3. The van der Waals surface area contributed by atoms with Crippen LogP contribution in [-0.2, 0) is 34.5 Å². The van der Waals surface area contributed by atoms with Crippen LogP contribution in [0.1, 0.15) is 36.7 Å². The zero-order chi connectivity index (χ0) is 19.8. The predicted octanol–water partition coefficient (Wildman–Crippen LogP) is 3.66. The van der Waals surface area contributed by atoms with Crippen molar-refractivity contribution in [3.8, 4) is 0 Å². The van der Waals surface area contributed by atoms with Gasteiger partial charge in [-0.1, -0.05) is 67.6 Å². The third kappa shape index (κ3) is 3.07. The van der Waals surface area contributed by atoms with Gasteiger partial charge in [-0.2, -0.15) is 0 Å². The summed E-state index contributed by atoms with van der Waals surface area (Å²) in [6.07, 6.45) is 7.13. The molecule has 0 aliphatic carbocycles. The summed E-state index contributed by atoms with van der Waals surface area (Å²) >= 11 is 0. The molecule has 0 bridgehead atoms. The molecule has 5 rings (SSSR count). The van der Waals surface area contributed by atoms with E-state index < -0.39 is 5.41 Å². The monoisotopic (exact) mass is 387 g/mol. The molecular formula is C25H27N2O2+. The van der Waals surface area contributed by atoms with Crippen molar-refractivity contribution in [2.45, 2.75) is 50.8 Å². The molecule has 1 saturated heterocycles. The van der Waals surface area contributed by atoms with E-state index in [-0.39, 0.29) is 12.1 Å². The normalized spacial score (nSPS) is 22.9. The van der Waals surface area contributed by atoms with E-state index in [9.17, 15) is 4.79 Å². The van der Waals surface area contributed by atoms with Gasteiger partial charge in [0.2, 0.25) is 0 Å². The number of carbonyl (C=O) groups is 1. The summed E-state index contributed by atoms with van der Waals surface area (Å²) in [5, 5.41) is 0. The Morgan fingerprint density at radius 1 is 1.07 bits per heavy atom. The van der Waals surface area contributed by atoms with Gasteiger partial charge >= 0.3 is 5.97 Å². The number of nitrogens with zero attached hydrogens (tertiary/aromatic N) is 2. The molecule has 0 saturated carbocycles. The first kappa shape index (κ1) is 18.2. The summed E-state index contributed by atoms with van der Waals surface area (Å²) in [6.45, 7) is 4.09. The summed E-state index contributed by atoms with van der Waals surface area (Å²) in [6, 6.07) is 20.2. The van der Waals surface area contributed by atoms with Crippen LogP contribution in [0, 0.1) is 5.92 Å². The Balaban J connectivity index is 1.48. The first-order valence-electron chi connectivity index (χ1n) is 10.6. The minimum atomic E-state index is -0.734. The van der Waals surface area contributed by atoms with Crippen LogP contribution in [0.25, 0.3) is 0 Å². The number of cyclic esters (lactones) is 1. The summed E-state index contributed by atoms with van der Waals surface area (Å²) in [5.74, 6) is 1.93. The Morgan fingerprint density at radius 3 is 2.38 bits per heavy atom. The molecule has 1 fully saturated rings. The first-order valence-corrected chi connectivity index (χ1v) is 10.6. The molecule has 148 valence electrons. The molecule has 2 atom stereocenters. The second-order valence-corrected chi connectivity index (χ2v) is 8.53. The summed E-state index contributed by atoms with van der Waals surface area (Å²) < 4.78 is 10.6. The number of carbonyl (C=O) groups excluding carboxylic acids is 1. The smallest absolute Gasteiger partial charge is 0.321 e. The van der Waals surface area contributed by atoms with Crippen molar-refractivity contribution >= 4 is 5.97 Å². The molecule has 0 amide bonds. The lowest BCUT2D eigenvalue weighted by atomic mass is 9.72. The van der Waals surface area contributed by atoms with E-state index in [0.29, 0.717) is 13.0 Å². The number of ether oxygens (including phenoxy) is 1. The van der Waals surface area contributed by atoms with Crippen molar-refractivity contribution in [1.29, 1.82) is 0 Å². The van der Waals surface area contributed by atoms with Crippen LogP contribution in [0.4, 0.5) is 0 Å². The number of esters is 1. The van der Waals surface area contributed by atoms with Gasteiger partial charge in [0.15, 0.2) is 0 Å². The molecule has 29 heavy (non-hydrogen) atoms. The fourth-order valence-electron chi connectivity index (χ4n) is 5.04. The van der Waals surface area contributed by atoms with Crippen molar-refractivity contribution in [1.82, 2.24) is 4.57 Å². The Labute approximate surface area is 171 Å². The largest absolute Gasteiger partial charge is 0.457 e. The number of fused-ring (bicyclic) bond motifs is 1. The van der Waals surface area contributed by atoms with Crippen LogP contribution in [0.15, 0.2) is 73.1 Å². The molecule has 2 unspecified atom stereocenters. The van der Waals surface area contributed by atoms with Crippen LogP contribution in [0.5, 0.6) is 0 Å². The highest BCUT2D eigenvalue weighted by molar-refractivity contribution is 5.89. The molecular weight excluding hydrogens is 360 g/mol. The lowest BCUT2D eigenvalue weighted by Crippen LogP contribution is -2.44. The summed E-state index contributed by atoms with van der Waals surface area (Å²) in [7, 11) is 0. The van der Waals surface area contributed by atoms with Crippen LogP contribution in [0.2, 0.25) is 0 Å². The molecule has 0 N–H and O–H groups in total. The number of benzene rings is 2. The fourth-order valence-corrected chi connectivity index (χ4v) is 5.04. The van der Waals surface area contributed by atoms with Crippen LogP contribution >= 0.6 is 0 Å². The third-order valence-electron chi connectivity index (χ3n) is 6.55. The highest BCUT2D eigenvalue weighted by Crippen LogP contribution is 2.43. The van der Waals surface area contributed by atoms with Gasteiger partial charge in [-0.05, 0) is 23.5 Å². The van der Waals surface area contributed by atoms with Gasteiger partial charge in [-0.25, -0.2) is 9.13 Å². The number of hydrogen-bond donors (Lipinski definition) is 0. The topological polar surface area (TPSA) is 35.1 Å². The molecule has 2 aromatic carbocycles. The average molecular weight is 388 g/mol. The van der Waals surface area contributed by atoms with Crippen molar-refractivity contribution in [2.24, 2.45) is 5.92 Å². The Morgan fingerprint density at radius 2 is 1.72 bits per heavy atom. The van der Waals surface area contributed by atoms with E-state index in [4.69, 9.17) is 4.74 Å². The molecule has 3 heterocycles. The van der Waals surface area contributed by atoms with E-state index in [1.54, 1.807) is 0 Å². The SMILES string of the molecule is CC1CCc2n(CC3CC(c4ccccc4)(c4ccccc4)C(=O)O3)cc[n+]2C1. The molecule has 2 aliphatic rings. The number of aromatic nitrogens is 2. The highest BCUT2D eigenvalue weighted by atomic mass is 16.6. The standard InChI is InChI=1S/C25H27N2O2/c1-19-12-13-23-26(17-19)14-15-27(23)18-22-16-25(24(28)29-22,20-8-4-2-5-9-20)21-10-6-3-7-11-21/h2-11,14-15,19,22H,12-13,16-18H2,1H3/q+1. The average Bonchev–Trinajstić information content (AvgIpc) is 3.30. The Hall–Kier alpha value is -2.88. The Bertz CT molecular complexity index is 970. The zero-order valence-electron chi connectivity index (χ0n) is 16.8. The van der Waals surface area contributed by atoms with Gasteiger partial charge in [0, 0.05) is 12.8 Å². The number of rotatable bonds is 4.